The molecule has 4 N–H and O–H groups in total. The summed E-state index contributed by atoms with van der Waals surface area (Å²) in [4.78, 5) is 69.1. The van der Waals surface area contributed by atoms with E-state index in [-0.39, 0.29) is 30.1 Å². The van der Waals surface area contributed by atoms with Crippen molar-refractivity contribution in [2.75, 3.05) is 12.3 Å². The van der Waals surface area contributed by atoms with Gasteiger partial charge < -0.3 is 26.2 Å². The van der Waals surface area contributed by atoms with Crippen LogP contribution in [0.3, 0.4) is 0 Å². The van der Waals surface area contributed by atoms with E-state index in [4.69, 9.17) is 0 Å². The number of nitrogens with one attached hydrogen (secondary N) is 4. The Labute approximate surface area is 288 Å². The number of likely N-dealkylation sites (tertiary alicyclic amines) is 1. The number of Topliss-reactive ketones (excluding diaryl/α,β-unsaturated/α-hetero) is 1. The van der Waals surface area contributed by atoms with Crippen LogP contribution >= 0.6 is 0 Å². The number of urea groups is 1. The van der Waals surface area contributed by atoms with Gasteiger partial charge in [-0.25, -0.2) is 13.2 Å². The average molecular weight is 696 g/mol. The van der Waals surface area contributed by atoms with Gasteiger partial charge in [0.05, 0.1) is 22.1 Å². The van der Waals surface area contributed by atoms with Crippen LogP contribution in [0.5, 0.6) is 0 Å². The fourth-order valence-corrected chi connectivity index (χ4v) is 8.17. The quantitative estimate of drug-likeness (QED) is 0.213. The lowest BCUT2D eigenvalue weighted by Gasteiger charge is -2.41. The summed E-state index contributed by atoms with van der Waals surface area (Å²) in [5.41, 5.74) is -1.71. The third-order valence-corrected chi connectivity index (χ3v) is 13.0. The van der Waals surface area contributed by atoms with Gasteiger partial charge in [0, 0.05) is 12.6 Å². The third-order valence-electron chi connectivity index (χ3n) is 10.2. The van der Waals surface area contributed by atoms with Gasteiger partial charge in [0.2, 0.25) is 17.6 Å². The lowest BCUT2D eigenvalue weighted by atomic mass is 9.83. The van der Waals surface area contributed by atoms with Crippen LogP contribution in [0, 0.1) is 17.3 Å². The van der Waals surface area contributed by atoms with E-state index in [0.717, 1.165) is 32.1 Å². The molecule has 5 amide bonds. The van der Waals surface area contributed by atoms with E-state index < -0.39 is 73.2 Å². The molecule has 1 heterocycles. The predicted molar refractivity (Wildman–Crippen MR) is 186 cm³/mol. The van der Waals surface area contributed by atoms with Crippen molar-refractivity contribution in [3.05, 3.63) is 0 Å². The molecule has 2 saturated carbocycles. The first kappa shape index (κ1) is 39.7. The van der Waals surface area contributed by atoms with Crippen LogP contribution < -0.4 is 21.3 Å². The Hall–Kier alpha value is -2.70. The Morgan fingerprint density at radius 1 is 0.917 bits per heavy atom. The highest BCUT2D eigenvalue weighted by Gasteiger charge is 2.47. The van der Waals surface area contributed by atoms with Gasteiger partial charge in [-0.2, -0.15) is 0 Å². The summed E-state index contributed by atoms with van der Waals surface area (Å²) in [5, 5.41) is 11.4. The minimum atomic E-state index is -3.56. The van der Waals surface area contributed by atoms with Gasteiger partial charge in [0.15, 0.2) is 9.84 Å². The number of hydrogen-bond acceptors (Lipinski definition) is 7. The van der Waals surface area contributed by atoms with Gasteiger partial charge in [-0.3, -0.25) is 19.2 Å². The van der Waals surface area contributed by atoms with Crippen molar-refractivity contribution in [1.29, 1.82) is 0 Å². The number of carbonyl (C=O) groups excluding carboxylic acids is 5. The smallest absolute Gasteiger partial charge is 0.315 e. The normalized spacial score (nSPS) is 22.8. The zero-order valence-corrected chi connectivity index (χ0v) is 31.5. The second-order valence-electron chi connectivity index (χ2n) is 16.8. The van der Waals surface area contributed by atoms with Crippen LogP contribution in [0.15, 0.2) is 0 Å². The number of amides is 5. The van der Waals surface area contributed by atoms with Crippen LogP contribution in [0.25, 0.3) is 0 Å². The summed E-state index contributed by atoms with van der Waals surface area (Å²) in [6, 6.07) is -3.54. The molecule has 2 aliphatic carbocycles. The molecule has 4 atom stereocenters. The maximum Gasteiger partial charge on any atom is 0.315 e. The number of rotatable bonds is 13. The number of ketones is 1. The van der Waals surface area contributed by atoms with Crippen molar-refractivity contribution in [2.24, 2.45) is 17.3 Å². The van der Waals surface area contributed by atoms with Crippen molar-refractivity contribution in [3.63, 3.8) is 0 Å². The second-order valence-corrected chi connectivity index (χ2v) is 19.6. The van der Waals surface area contributed by atoms with Crippen molar-refractivity contribution in [1.82, 2.24) is 26.2 Å². The first-order valence-corrected chi connectivity index (χ1v) is 19.5. The molecule has 1 aliphatic heterocycles. The SMILES string of the molecule is CCC[C@H](NC(=O)[C@@H]1CC(C(C)C)CN1C(=O)[C@@H](NC(=O)NC1(CS(=O)(=O)C(C)(C)C)CCCCC1)C(C)(C)C)C(=O)C(=O)NC1CC1. The van der Waals surface area contributed by atoms with Gasteiger partial charge >= 0.3 is 6.03 Å². The van der Waals surface area contributed by atoms with Gasteiger partial charge in [-0.05, 0) is 76.5 Å². The maximum atomic E-state index is 14.4. The summed E-state index contributed by atoms with van der Waals surface area (Å²) in [6.07, 6.45) is 6.46. The Morgan fingerprint density at radius 3 is 2.02 bits per heavy atom. The summed E-state index contributed by atoms with van der Waals surface area (Å²) >= 11 is 0. The average Bonchev–Trinajstić information content (AvgIpc) is 3.66. The minimum absolute atomic E-state index is 0.00379. The second kappa shape index (κ2) is 15.5. The number of nitrogens with zero attached hydrogens (tertiary/aromatic N) is 1. The highest BCUT2D eigenvalue weighted by Crippen LogP contribution is 2.34. The molecule has 13 heteroatoms. The maximum absolute atomic E-state index is 14.4. The van der Waals surface area contributed by atoms with Gasteiger partial charge in [-0.1, -0.05) is 67.2 Å². The molecule has 0 aromatic rings. The zero-order valence-electron chi connectivity index (χ0n) is 30.7. The summed E-state index contributed by atoms with van der Waals surface area (Å²) in [7, 11) is -3.56. The van der Waals surface area contributed by atoms with E-state index in [1.807, 2.05) is 41.5 Å². The Balaban J connectivity index is 1.83. The fourth-order valence-electron chi connectivity index (χ4n) is 6.65. The van der Waals surface area contributed by atoms with Gasteiger partial charge in [0.1, 0.15) is 12.1 Å². The van der Waals surface area contributed by atoms with Gasteiger partial charge in [0.25, 0.3) is 5.91 Å². The fraction of sp³-hybridized carbons (Fsp3) is 0.857. The van der Waals surface area contributed by atoms with E-state index in [1.165, 1.54) is 4.90 Å². The first-order chi connectivity index (χ1) is 22.1. The molecule has 1 saturated heterocycles. The molecule has 274 valence electrons. The van der Waals surface area contributed by atoms with Crippen LogP contribution in [0.4, 0.5) is 4.79 Å². The highest BCUT2D eigenvalue weighted by molar-refractivity contribution is 7.92. The van der Waals surface area contributed by atoms with E-state index in [1.54, 1.807) is 20.8 Å². The Kier molecular flexibility index (Phi) is 12.8. The molecule has 3 fully saturated rings. The van der Waals surface area contributed by atoms with Crippen LogP contribution in [0.1, 0.15) is 127 Å². The minimum Gasteiger partial charge on any atom is -0.347 e. The molecule has 3 aliphatic rings. The number of hydrogen-bond donors (Lipinski definition) is 4. The van der Waals surface area contributed by atoms with Crippen LogP contribution in [-0.4, -0.2) is 89.6 Å². The van der Waals surface area contributed by atoms with Crippen LogP contribution in [0.2, 0.25) is 0 Å². The van der Waals surface area contributed by atoms with Crippen molar-refractivity contribution in [2.45, 2.75) is 161 Å². The van der Waals surface area contributed by atoms with Crippen molar-refractivity contribution in [3.8, 4) is 0 Å². The van der Waals surface area contributed by atoms with E-state index in [2.05, 4.69) is 21.3 Å². The first-order valence-electron chi connectivity index (χ1n) is 17.9. The topological polar surface area (TPSA) is 171 Å². The van der Waals surface area contributed by atoms with Gasteiger partial charge in [-0.15, -0.1) is 0 Å². The van der Waals surface area contributed by atoms with E-state index in [9.17, 15) is 32.4 Å². The molecule has 0 aromatic heterocycles. The molecule has 1 unspecified atom stereocenters. The van der Waals surface area contributed by atoms with E-state index >= 15 is 0 Å². The molecular weight excluding hydrogens is 634 g/mol. The molecule has 12 nitrogen and oxygen atoms in total. The lowest BCUT2D eigenvalue weighted by Crippen LogP contribution is -2.63. The molecule has 0 spiro atoms. The van der Waals surface area contributed by atoms with Crippen LogP contribution in [-0.2, 0) is 29.0 Å². The molecule has 0 aromatic carbocycles. The standard InChI is InChI=1S/C35H61N5O7S/c1-10-14-25(27(41)30(43)36-24-15-16-24)37-29(42)26-19-23(22(2)3)20-40(26)31(44)28(33(4,5)6)38-32(45)39-35(17-12-11-13-18-35)21-48(46,47)34(7,8)9/h22-26,28H,10-21H2,1-9H3,(H,36,43)(H,37,42)(H2,38,39,45)/t23?,25-,26-,28+/m0/s1. The van der Waals surface area contributed by atoms with Crippen molar-refractivity contribution >= 4 is 39.4 Å². The Bertz CT molecular complexity index is 1310. The largest absolute Gasteiger partial charge is 0.347 e. The molecule has 3 rings (SSSR count). The molecule has 48 heavy (non-hydrogen) atoms. The number of sulfone groups is 1. The number of carbonyl (C=O) groups is 5. The third kappa shape index (κ3) is 10.2. The summed E-state index contributed by atoms with van der Waals surface area (Å²) in [5.74, 6) is -2.34. The monoisotopic (exact) mass is 695 g/mol. The Morgan fingerprint density at radius 2 is 1.52 bits per heavy atom. The zero-order chi connectivity index (χ0) is 36.2. The molecular formula is C35H61N5O7S. The van der Waals surface area contributed by atoms with E-state index in [0.29, 0.717) is 32.2 Å². The lowest BCUT2D eigenvalue weighted by molar-refractivity contribution is -0.144. The summed E-state index contributed by atoms with van der Waals surface area (Å²) in [6.45, 7) is 16.7. The van der Waals surface area contributed by atoms with Crippen molar-refractivity contribution < 1.29 is 32.4 Å². The molecule has 0 radical (unpaired) electrons. The highest BCUT2D eigenvalue weighted by atomic mass is 32.2. The molecule has 0 bridgehead atoms. The predicted octanol–water partition coefficient (Wildman–Crippen LogP) is 3.62. The summed E-state index contributed by atoms with van der Waals surface area (Å²) < 4.78 is 25.6.